The molecule has 0 amide bonds. The average molecular weight is 191 g/mol. The first-order valence-corrected chi connectivity index (χ1v) is 4.95. The number of hydrogen-bond acceptors (Lipinski definition) is 1. The maximum atomic E-state index is 11.9. The van der Waals surface area contributed by atoms with Crippen molar-refractivity contribution in [1.29, 1.82) is 0 Å². The molecule has 0 saturated heterocycles. The SMILES string of the molecule is Cc1cccc2c1CC(C(C)[OH2+])C2=O. The molecular weight excluding hydrogens is 176 g/mol. The fourth-order valence-corrected chi connectivity index (χ4v) is 2.12. The van der Waals surface area contributed by atoms with Crippen LogP contribution in [0.2, 0.25) is 0 Å². The number of rotatable bonds is 1. The molecule has 2 rings (SSSR count). The molecule has 74 valence electrons. The summed E-state index contributed by atoms with van der Waals surface area (Å²) >= 11 is 0. The van der Waals surface area contributed by atoms with Crippen LogP contribution >= 0.6 is 0 Å². The summed E-state index contributed by atoms with van der Waals surface area (Å²) < 4.78 is 0. The highest BCUT2D eigenvalue weighted by Gasteiger charge is 2.36. The number of Topliss-reactive ketones (excluding diaryl/α,β-unsaturated/α-hetero) is 1. The first-order valence-electron chi connectivity index (χ1n) is 4.95. The Morgan fingerprint density at radius 1 is 1.50 bits per heavy atom. The summed E-state index contributed by atoms with van der Waals surface area (Å²) in [5.41, 5.74) is 3.18. The van der Waals surface area contributed by atoms with Gasteiger partial charge in [0.25, 0.3) is 0 Å². The maximum absolute atomic E-state index is 11.9. The lowest BCUT2D eigenvalue weighted by Gasteiger charge is -2.06. The van der Waals surface area contributed by atoms with Crippen LogP contribution in [0.15, 0.2) is 18.2 Å². The molecule has 0 bridgehead atoms. The number of benzene rings is 1. The number of aryl methyl sites for hydroxylation is 1. The molecule has 0 heterocycles. The Bertz CT molecular complexity index is 380. The zero-order chi connectivity index (χ0) is 10.3. The van der Waals surface area contributed by atoms with Crippen LogP contribution in [0.5, 0.6) is 0 Å². The van der Waals surface area contributed by atoms with Gasteiger partial charge in [0.15, 0.2) is 11.9 Å². The van der Waals surface area contributed by atoms with Crippen LogP contribution in [0.1, 0.15) is 28.4 Å². The van der Waals surface area contributed by atoms with Crippen LogP contribution in [-0.4, -0.2) is 17.0 Å². The molecule has 1 aliphatic rings. The lowest BCUT2D eigenvalue weighted by molar-refractivity contribution is 0.0758. The second-order valence-electron chi connectivity index (χ2n) is 4.06. The Kier molecular flexibility index (Phi) is 2.16. The summed E-state index contributed by atoms with van der Waals surface area (Å²) in [4.78, 5) is 11.9. The van der Waals surface area contributed by atoms with Crippen LogP contribution in [0.3, 0.4) is 0 Å². The Balaban J connectivity index is 2.45. The predicted octanol–water partition coefficient (Wildman–Crippen LogP) is 1.46. The van der Waals surface area contributed by atoms with E-state index >= 15 is 0 Å². The van der Waals surface area contributed by atoms with E-state index in [1.807, 2.05) is 25.1 Å². The topological polar surface area (TPSA) is 40.0 Å². The van der Waals surface area contributed by atoms with Crippen molar-refractivity contribution < 1.29 is 9.90 Å². The molecule has 2 unspecified atom stereocenters. The number of carbonyl (C=O) groups excluding carboxylic acids is 1. The van der Waals surface area contributed by atoms with Crippen LogP contribution in [0.4, 0.5) is 0 Å². The zero-order valence-electron chi connectivity index (χ0n) is 8.50. The number of hydrogen-bond donors (Lipinski definition) is 0. The number of carbonyl (C=O) groups is 1. The van der Waals surface area contributed by atoms with Gasteiger partial charge in [0, 0.05) is 12.5 Å². The van der Waals surface area contributed by atoms with Crippen molar-refractivity contribution in [1.82, 2.24) is 0 Å². The Morgan fingerprint density at radius 2 is 2.21 bits per heavy atom. The highest BCUT2D eigenvalue weighted by atomic mass is 16.3. The zero-order valence-corrected chi connectivity index (χ0v) is 8.50. The molecule has 0 aliphatic heterocycles. The molecule has 0 spiro atoms. The Morgan fingerprint density at radius 3 is 2.79 bits per heavy atom. The van der Waals surface area contributed by atoms with Gasteiger partial charge in [0.1, 0.15) is 0 Å². The molecule has 0 radical (unpaired) electrons. The molecule has 2 heteroatoms. The molecule has 1 aliphatic carbocycles. The summed E-state index contributed by atoms with van der Waals surface area (Å²) in [7, 11) is 0. The third kappa shape index (κ3) is 1.26. The first-order chi connectivity index (χ1) is 6.61. The second kappa shape index (κ2) is 3.21. The summed E-state index contributed by atoms with van der Waals surface area (Å²) in [5.74, 6) is 0.0392. The fourth-order valence-electron chi connectivity index (χ4n) is 2.12. The molecule has 0 fully saturated rings. The van der Waals surface area contributed by atoms with Crippen molar-refractivity contribution in [2.45, 2.75) is 26.4 Å². The highest BCUT2D eigenvalue weighted by Crippen LogP contribution is 2.30. The van der Waals surface area contributed by atoms with Gasteiger partial charge in [0.05, 0.1) is 5.92 Å². The minimum Gasteiger partial charge on any atom is -0.443 e. The van der Waals surface area contributed by atoms with E-state index in [0.717, 1.165) is 17.5 Å². The lowest BCUT2D eigenvalue weighted by atomic mass is 9.99. The molecule has 0 aromatic heterocycles. The summed E-state index contributed by atoms with van der Waals surface area (Å²) in [6, 6.07) is 5.83. The van der Waals surface area contributed by atoms with Gasteiger partial charge in [-0.15, -0.1) is 0 Å². The molecule has 2 atom stereocenters. The molecular formula is C12H15O2+. The van der Waals surface area contributed by atoms with Gasteiger partial charge in [-0.1, -0.05) is 18.2 Å². The van der Waals surface area contributed by atoms with Gasteiger partial charge >= 0.3 is 0 Å². The third-order valence-electron chi connectivity index (χ3n) is 3.04. The highest BCUT2D eigenvalue weighted by molar-refractivity contribution is 6.02. The summed E-state index contributed by atoms with van der Waals surface area (Å²) in [6.07, 6.45) is 0.459. The lowest BCUT2D eigenvalue weighted by Crippen LogP contribution is -2.22. The molecule has 2 nitrogen and oxygen atoms in total. The summed E-state index contributed by atoms with van der Waals surface area (Å²) in [6.45, 7) is 3.83. The van der Waals surface area contributed by atoms with E-state index in [2.05, 4.69) is 0 Å². The van der Waals surface area contributed by atoms with Crippen molar-refractivity contribution >= 4 is 5.78 Å². The van der Waals surface area contributed by atoms with Gasteiger partial charge in [-0.25, -0.2) is 0 Å². The van der Waals surface area contributed by atoms with E-state index < -0.39 is 0 Å². The fraction of sp³-hybridized carbons (Fsp3) is 0.417. The minimum absolute atomic E-state index is 0.119. The Hall–Kier alpha value is -1.15. The van der Waals surface area contributed by atoms with Crippen LogP contribution in [0.25, 0.3) is 0 Å². The first kappa shape index (κ1) is 9.41. The van der Waals surface area contributed by atoms with Crippen molar-refractivity contribution in [3.05, 3.63) is 34.9 Å². The van der Waals surface area contributed by atoms with Crippen LogP contribution in [-0.2, 0) is 6.42 Å². The molecule has 1 aromatic rings. The van der Waals surface area contributed by atoms with E-state index in [4.69, 9.17) is 5.11 Å². The number of ketones is 1. The second-order valence-corrected chi connectivity index (χ2v) is 4.06. The van der Waals surface area contributed by atoms with Crippen LogP contribution in [0, 0.1) is 12.8 Å². The molecule has 14 heavy (non-hydrogen) atoms. The smallest absolute Gasteiger partial charge is 0.174 e. The van der Waals surface area contributed by atoms with E-state index in [1.54, 1.807) is 6.92 Å². The van der Waals surface area contributed by atoms with E-state index in [0.29, 0.717) is 0 Å². The van der Waals surface area contributed by atoms with Crippen molar-refractivity contribution in [2.24, 2.45) is 5.92 Å². The van der Waals surface area contributed by atoms with Crippen molar-refractivity contribution in [3.8, 4) is 0 Å². The van der Waals surface area contributed by atoms with Gasteiger partial charge in [-0.3, -0.25) is 4.79 Å². The van der Waals surface area contributed by atoms with Crippen LogP contribution < -0.4 is 0 Å². The predicted molar refractivity (Wildman–Crippen MR) is 55.8 cm³/mol. The van der Waals surface area contributed by atoms with Gasteiger partial charge in [0.2, 0.25) is 0 Å². The van der Waals surface area contributed by atoms with Crippen molar-refractivity contribution in [2.75, 3.05) is 0 Å². The molecule has 2 N–H and O–H groups in total. The van der Waals surface area contributed by atoms with E-state index in [9.17, 15) is 4.79 Å². The number of fused-ring (bicyclic) bond motifs is 1. The largest absolute Gasteiger partial charge is 0.443 e. The van der Waals surface area contributed by atoms with Gasteiger partial charge in [-0.2, -0.15) is 0 Å². The quantitative estimate of drug-likeness (QED) is 0.619. The average Bonchev–Trinajstić information content (AvgIpc) is 2.46. The maximum Gasteiger partial charge on any atom is 0.174 e. The monoisotopic (exact) mass is 191 g/mol. The summed E-state index contributed by atoms with van der Waals surface area (Å²) in [5, 5.41) is 7.63. The third-order valence-corrected chi connectivity index (χ3v) is 3.04. The minimum atomic E-state index is -0.297. The van der Waals surface area contributed by atoms with E-state index in [-0.39, 0.29) is 17.8 Å². The molecule has 1 aromatic carbocycles. The Labute approximate surface area is 83.6 Å². The standard InChI is InChI=1S/C12H14O2/c1-7-4-3-5-9-10(7)6-11(8(2)13)12(9)14/h3-5,8,11,13H,6H2,1-2H3/p+1. The normalized spacial score (nSPS) is 22.2. The van der Waals surface area contributed by atoms with E-state index in [1.165, 1.54) is 5.56 Å². The van der Waals surface area contributed by atoms with Gasteiger partial charge in [-0.05, 0) is 24.5 Å². The molecule has 0 saturated carbocycles. The van der Waals surface area contributed by atoms with Gasteiger partial charge < -0.3 is 5.11 Å². The van der Waals surface area contributed by atoms with Crippen molar-refractivity contribution in [3.63, 3.8) is 0 Å².